The van der Waals surface area contributed by atoms with Crippen LogP contribution >= 0.6 is 0 Å². The topological polar surface area (TPSA) is 118 Å². The van der Waals surface area contributed by atoms with E-state index in [0.29, 0.717) is 18.6 Å². The van der Waals surface area contributed by atoms with E-state index in [1.165, 1.54) is 109 Å². The van der Waals surface area contributed by atoms with Crippen LogP contribution in [0.4, 0.5) is 0 Å². The number of carbonyl (C=O) groups excluding carboxylic acids is 2. The van der Waals surface area contributed by atoms with Gasteiger partial charge in [-0.25, -0.2) is 0 Å². The molecule has 0 aliphatic carbocycles. The summed E-state index contributed by atoms with van der Waals surface area (Å²) in [6.45, 7) is 6.85. The Labute approximate surface area is 238 Å². The van der Waals surface area contributed by atoms with Crippen LogP contribution in [0.3, 0.4) is 0 Å². The quantitative estimate of drug-likeness (QED) is 0.0739. The number of carbonyl (C=O) groups is 3. The van der Waals surface area contributed by atoms with Crippen molar-refractivity contribution in [2.24, 2.45) is 0 Å². The molecule has 0 atom stereocenters. The van der Waals surface area contributed by atoms with Crippen LogP contribution in [0.25, 0.3) is 0 Å². The minimum Gasteiger partial charge on any atom is -0.545 e. The van der Waals surface area contributed by atoms with Gasteiger partial charge in [0.15, 0.2) is 0 Å². The summed E-state index contributed by atoms with van der Waals surface area (Å²) in [7, 11) is 0. The largest absolute Gasteiger partial charge is 0.545 e. The molecule has 0 aromatic carbocycles. The van der Waals surface area contributed by atoms with Crippen LogP contribution in [-0.4, -0.2) is 44.2 Å². The summed E-state index contributed by atoms with van der Waals surface area (Å²) < 4.78 is 3.25. The third-order valence-electron chi connectivity index (χ3n) is 5.76. The van der Waals surface area contributed by atoms with Gasteiger partial charge in [-0.2, -0.15) is 0 Å². The van der Waals surface area contributed by atoms with Gasteiger partial charge in [0.25, 0.3) is 0 Å². The predicted octanol–water partition coefficient (Wildman–Crippen LogP) is 6.50. The molecule has 0 bridgehead atoms. The Bertz CT molecular complexity index is 500. The fraction of sp³-hybridized carbons (Fsp3) is 0.833. The van der Waals surface area contributed by atoms with Crippen molar-refractivity contribution in [2.75, 3.05) is 0 Å². The summed E-state index contributed by atoms with van der Waals surface area (Å²) in [6.07, 6.45) is 26.8. The van der Waals surface area contributed by atoms with Crippen molar-refractivity contribution in [2.45, 2.75) is 158 Å². The van der Waals surface area contributed by atoms with Crippen molar-refractivity contribution in [3.8, 4) is 0 Å². The summed E-state index contributed by atoms with van der Waals surface area (Å²) in [4.78, 5) is 29.2. The molecule has 37 heavy (non-hydrogen) atoms. The SMILES string of the molecule is CCCCCCCCCCCCCCCCCC(=O)O.CCC[CH2][Sn+2][CH2]CCC.O=C([O-])/C=C\C(=O)[O-]. The Morgan fingerprint density at radius 2 is 0.838 bits per heavy atom. The fourth-order valence-electron chi connectivity index (χ4n) is 3.51. The van der Waals surface area contributed by atoms with E-state index in [1.54, 1.807) is 8.87 Å². The van der Waals surface area contributed by atoms with Gasteiger partial charge < -0.3 is 24.9 Å². The first-order valence-corrected chi connectivity index (χ1v) is 18.9. The molecule has 0 amide bonds. The molecule has 0 aromatic heterocycles. The number of carboxylic acids is 3. The minimum absolute atomic E-state index is 0.149. The van der Waals surface area contributed by atoms with Gasteiger partial charge in [0.2, 0.25) is 0 Å². The number of hydrogen-bond acceptors (Lipinski definition) is 5. The molecule has 0 fully saturated rings. The van der Waals surface area contributed by atoms with Gasteiger partial charge in [-0.3, -0.25) is 4.79 Å². The summed E-state index contributed by atoms with van der Waals surface area (Å²) >= 11 is 0.149. The van der Waals surface area contributed by atoms with Crippen molar-refractivity contribution in [1.29, 1.82) is 0 Å². The van der Waals surface area contributed by atoms with Gasteiger partial charge in [-0.15, -0.1) is 0 Å². The van der Waals surface area contributed by atoms with Crippen LogP contribution < -0.4 is 10.2 Å². The van der Waals surface area contributed by atoms with Gasteiger partial charge in [0.1, 0.15) is 0 Å². The second-order valence-corrected chi connectivity index (χ2v) is 13.8. The monoisotopic (exact) mass is 632 g/mol. The summed E-state index contributed by atoms with van der Waals surface area (Å²) in [5.41, 5.74) is 0. The molecule has 216 valence electrons. The molecular weight excluding hydrogens is 575 g/mol. The second-order valence-electron chi connectivity index (χ2n) is 9.52. The van der Waals surface area contributed by atoms with Gasteiger partial charge in [0.05, 0.1) is 11.9 Å². The van der Waals surface area contributed by atoms with Crippen LogP contribution in [0.5, 0.6) is 0 Å². The molecule has 0 saturated carbocycles. The van der Waals surface area contributed by atoms with E-state index < -0.39 is 17.9 Å². The van der Waals surface area contributed by atoms with Crippen molar-refractivity contribution < 1.29 is 29.7 Å². The molecule has 7 heteroatoms. The maximum absolute atomic E-state index is 10.3. The van der Waals surface area contributed by atoms with Gasteiger partial charge >= 0.3 is 75.5 Å². The van der Waals surface area contributed by atoms with Crippen molar-refractivity contribution in [3.63, 3.8) is 0 Å². The first kappa shape index (κ1) is 40.4. The van der Waals surface area contributed by atoms with E-state index in [9.17, 15) is 24.6 Å². The molecule has 0 aliphatic heterocycles. The zero-order valence-corrected chi connectivity index (χ0v) is 27.1. The van der Waals surface area contributed by atoms with Crippen LogP contribution in [0.2, 0.25) is 8.87 Å². The molecule has 0 heterocycles. The first-order chi connectivity index (χ1) is 17.8. The van der Waals surface area contributed by atoms with Gasteiger partial charge in [0, 0.05) is 6.42 Å². The Balaban J connectivity index is -0.000000559. The Morgan fingerprint density at radius 3 is 1.11 bits per heavy atom. The minimum atomic E-state index is -1.55. The van der Waals surface area contributed by atoms with Crippen LogP contribution in [0.1, 0.15) is 149 Å². The number of carboxylic acid groups (broad SMARTS) is 3. The zero-order chi connectivity index (χ0) is 28.4. The molecule has 0 unspecified atom stereocenters. The number of rotatable bonds is 24. The van der Waals surface area contributed by atoms with Gasteiger partial charge in [-0.05, 0) is 18.6 Å². The zero-order valence-electron chi connectivity index (χ0n) is 24.2. The summed E-state index contributed by atoms with van der Waals surface area (Å²) in [5, 5.41) is 27.3. The predicted molar refractivity (Wildman–Crippen MR) is 152 cm³/mol. The molecular formula is C30H56O6Sn. The van der Waals surface area contributed by atoms with Crippen LogP contribution in [-0.2, 0) is 14.4 Å². The number of hydrogen-bond donors (Lipinski definition) is 1. The van der Waals surface area contributed by atoms with E-state index in [4.69, 9.17) is 5.11 Å². The number of aliphatic carboxylic acids is 3. The standard InChI is InChI=1S/C18H36O2.C4H4O4.2C4H9.Sn/c1-2-3-4-5-6-7-8-9-10-11-12-13-14-15-16-17-18(19)20;5-3(6)1-2-4(7)8;2*1-3-4-2;/h2-17H2,1H3,(H,19,20);1-2H,(H,5,6)(H,7,8);2*1,3-4H2,2H3;/q;;;;+2/p-2/b;2-1-;;;. The maximum Gasteiger partial charge on any atom is 0.0643 e. The molecule has 0 rings (SSSR count). The average molecular weight is 631 g/mol. The molecule has 0 radical (unpaired) electrons. The van der Waals surface area contributed by atoms with E-state index >= 15 is 0 Å². The molecule has 0 aliphatic rings. The second kappa shape index (κ2) is 37.1. The smallest absolute Gasteiger partial charge is 0.0643 e. The third-order valence-corrected chi connectivity index (χ3v) is 9.80. The van der Waals surface area contributed by atoms with E-state index in [2.05, 4.69) is 20.8 Å². The molecule has 0 aromatic rings. The molecule has 1 N–H and O–H groups in total. The van der Waals surface area contributed by atoms with Crippen molar-refractivity contribution in [3.05, 3.63) is 12.2 Å². The maximum atomic E-state index is 10.3. The van der Waals surface area contributed by atoms with Crippen LogP contribution in [0.15, 0.2) is 12.2 Å². The summed E-state index contributed by atoms with van der Waals surface area (Å²) in [5.74, 6) is -3.75. The van der Waals surface area contributed by atoms with Crippen LogP contribution in [0, 0.1) is 0 Å². The third kappa shape index (κ3) is 52.2. The summed E-state index contributed by atoms with van der Waals surface area (Å²) in [6, 6.07) is 0. The molecule has 6 nitrogen and oxygen atoms in total. The fourth-order valence-corrected chi connectivity index (χ4v) is 7.67. The Morgan fingerprint density at radius 1 is 0.541 bits per heavy atom. The molecule has 0 spiro atoms. The number of unbranched alkanes of at least 4 members (excludes halogenated alkanes) is 16. The average Bonchev–Trinajstić information content (AvgIpc) is 2.86. The first-order valence-electron chi connectivity index (χ1n) is 14.8. The Kier molecular flexibility index (Phi) is 40.6. The normalized spacial score (nSPS) is 10.1. The molecule has 0 saturated heterocycles. The van der Waals surface area contributed by atoms with E-state index in [0.717, 1.165) is 12.8 Å². The Hall–Kier alpha value is -1.05. The van der Waals surface area contributed by atoms with Crippen molar-refractivity contribution >= 4 is 39.1 Å². The van der Waals surface area contributed by atoms with E-state index in [1.807, 2.05) is 0 Å². The van der Waals surface area contributed by atoms with Gasteiger partial charge in [-0.1, -0.05) is 96.8 Å². The van der Waals surface area contributed by atoms with E-state index in [-0.39, 0.29) is 21.1 Å². The van der Waals surface area contributed by atoms with Crippen molar-refractivity contribution in [1.82, 2.24) is 0 Å².